The van der Waals surface area contributed by atoms with Crippen LogP contribution in [0.5, 0.6) is 0 Å². The first-order chi connectivity index (χ1) is 10.7. The highest BCUT2D eigenvalue weighted by Gasteiger charge is 2.19. The van der Waals surface area contributed by atoms with Gasteiger partial charge in [0.05, 0.1) is 24.2 Å². The van der Waals surface area contributed by atoms with E-state index in [1.54, 1.807) is 11.2 Å². The standard InChI is InChI=1S/C15H16N4O.C2H6/c1-11-15-14(17-12(2)18-15)8-16-19(11)10-20-9-13-6-4-3-5-7-13;1-2/h3-8H,1,9-10H2,2H3,(H,17,18);1-2H3. The Morgan fingerprint density at radius 3 is 2.68 bits per heavy atom. The molecule has 2 heterocycles. The number of nitrogens with zero attached hydrogens (tertiary/aromatic N) is 3. The van der Waals surface area contributed by atoms with Crippen LogP contribution in [0.2, 0.25) is 0 Å². The topological polar surface area (TPSA) is 53.5 Å². The molecule has 0 aliphatic carbocycles. The van der Waals surface area contributed by atoms with Gasteiger partial charge in [0.1, 0.15) is 18.2 Å². The second-order valence-corrected chi connectivity index (χ2v) is 4.64. The van der Waals surface area contributed by atoms with E-state index in [2.05, 4.69) is 21.6 Å². The summed E-state index contributed by atoms with van der Waals surface area (Å²) in [7, 11) is 0. The summed E-state index contributed by atoms with van der Waals surface area (Å²) in [5, 5.41) is 6.02. The second kappa shape index (κ2) is 7.56. The normalized spacial score (nSPS) is 12.7. The maximum absolute atomic E-state index is 5.66. The summed E-state index contributed by atoms with van der Waals surface area (Å²) in [6, 6.07) is 10.0. The number of hydrazone groups is 1. The Morgan fingerprint density at radius 2 is 1.95 bits per heavy atom. The molecular formula is C17H22N4O. The molecule has 1 aliphatic heterocycles. The minimum atomic E-state index is 0.357. The van der Waals surface area contributed by atoms with Crippen LogP contribution in [0.25, 0.3) is 5.70 Å². The lowest BCUT2D eigenvalue weighted by Gasteiger charge is -2.23. The first-order valence-electron chi connectivity index (χ1n) is 7.43. The van der Waals surface area contributed by atoms with Crippen molar-refractivity contribution in [3.05, 3.63) is 59.7 Å². The third kappa shape index (κ3) is 3.62. The van der Waals surface area contributed by atoms with Crippen molar-refractivity contribution in [2.45, 2.75) is 27.4 Å². The van der Waals surface area contributed by atoms with Crippen molar-refractivity contribution in [3.8, 4) is 0 Å². The second-order valence-electron chi connectivity index (χ2n) is 4.64. The molecule has 22 heavy (non-hydrogen) atoms. The number of imidazole rings is 1. The molecule has 5 nitrogen and oxygen atoms in total. The highest BCUT2D eigenvalue weighted by atomic mass is 16.5. The molecule has 0 fully saturated rings. The van der Waals surface area contributed by atoms with Gasteiger partial charge in [-0.15, -0.1) is 0 Å². The number of hydrogen-bond acceptors (Lipinski definition) is 4. The lowest BCUT2D eigenvalue weighted by atomic mass is 10.2. The maximum atomic E-state index is 5.66. The quantitative estimate of drug-likeness (QED) is 0.939. The number of ether oxygens (including phenoxy) is 1. The van der Waals surface area contributed by atoms with Crippen molar-refractivity contribution < 1.29 is 4.74 Å². The van der Waals surface area contributed by atoms with Crippen molar-refractivity contribution in [2.24, 2.45) is 5.10 Å². The fourth-order valence-electron chi connectivity index (χ4n) is 2.08. The van der Waals surface area contributed by atoms with E-state index in [1.807, 2.05) is 51.1 Å². The number of aromatic nitrogens is 2. The van der Waals surface area contributed by atoms with Gasteiger partial charge in [-0.3, -0.25) is 0 Å². The van der Waals surface area contributed by atoms with E-state index in [4.69, 9.17) is 4.74 Å². The van der Waals surface area contributed by atoms with Gasteiger partial charge < -0.3 is 9.72 Å². The molecule has 1 aliphatic rings. The predicted octanol–water partition coefficient (Wildman–Crippen LogP) is 3.54. The molecule has 0 bridgehead atoms. The zero-order valence-corrected chi connectivity index (χ0v) is 13.3. The zero-order valence-electron chi connectivity index (χ0n) is 13.3. The number of aryl methyl sites for hydroxylation is 1. The number of hydrogen-bond donors (Lipinski definition) is 1. The third-order valence-corrected chi connectivity index (χ3v) is 3.09. The largest absolute Gasteiger partial charge is 0.355 e. The van der Waals surface area contributed by atoms with Crippen LogP contribution >= 0.6 is 0 Å². The van der Waals surface area contributed by atoms with Crippen LogP contribution in [0.1, 0.15) is 36.6 Å². The average Bonchev–Trinajstić information content (AvgIpc) is 2.94. The monoisotopic (exact) mass is 298 g/mol. The predicted molar refractivity (Wildman–Crippen MR) is 89.2 cm³/mol. The number of H-pyrrole nitrogens is 1. The van der Waals surface area contributed by atoms with Gasteiger partial charge in [0.25, 0.3) is 0 Å². The first kappa shape index (κ1) is 16.0. The number of rotatable bonds is 4. The fourth-order valence-corrected chi connectivity index (χ4v) is 2.08. The lowest BCUT2D eigenvalue weighted by Crippen LogP contribution is -2.23. The van der Waals surface area contributed by atoms with Gasteiger partial charge in [0.2, 0.25) is 0 Å². The van der Waals surface area contributed by atoms with Gasteiger partial charge in [-0.1, -0.05) is 50.8 Å². The Labute approximate surface area is 131 Å². The van der Waals surface area contributed by atoms with Gasteiger partial charge >= 0.3 is 0 Å². The van der Waals surface area contributed by atoms with Gasteiger partial charge in [-0.2, -0.15) is 5.10 Å². The number of fused-ring (bicyclic) bond motifs is 1. The van der Waals surface area contributed by atoms with E-state index in [1.165, 1.54) is 0 Å². The van der Waals surface area contributed by atoms with Gasteiger partial charge in [0.15, 0.2) is 0 Å². The van der Waals surface area contributed by atoms with E-state index >= 15 is 0 Å². The van der Waals surface area contributed by atoms with E-state index in [0.717, 1.165) is 28.5 Å². The Hall–Kier alpha value is -2.40. The van der Waals surface area contributed by atoms with Crippen LogP contribution in [0.15, 0.2) is 42.0 Å². The minimum Gasteiger partial charge on any atom is -0.355 e. The van der Waals surface area contributed by atoms with E-state index in [9.17, 15) is 0 Å². The highest BCUT2D eigenvalue weighted by Crippen LogP contribution is 2.22. The summed E-state index contributed by atoms with van der Waals surface area (Å²) in [6.45, 7) is 10.8. The summed E-state index contributed by atoms with van der Waals surface area (Å²) < 4.78 is 5.66. The molecule has 5 heteroatoms. The average molecular weight is 298 g/mol. The minimum absolute atomic E-state index is 0.357. The van der Waals surface area contributed by atoms with E-state index in [0.29, 0.717) is 13.3 Å². The highest BCUT2D eigenvalue weighted by molar-refractivity contribution is 5.87. The molecule has 0 saturated carbocycles. The van der Waals surface area contributed by atoms with E-state index in [-0.39, 0.29) is 0 Å². The molecule has 116 valence electrons. The summed E-state index contributed by atoms with van der Waals surface area (Å²) >= 11 is 0. The molecular weight excluding hydrogens is 276 g/mol. The molecule has 1 aromatic carbocycles. The third-order valence-electron chi connectivity index (χ3n) is 3.09. The number of nitrogens with one attached hydrogen (secondary N) is 1. The van der Waals surface area contributed by atoms with Gasteiger partial charge in [-0.05, 0) is 12.5 Å². The van der Waals surface area contributed by atoms with Crippen LogP contribution in [0.4, 0.5) is 0 Å². The van der Waals surface area contributed by atoms with Crippen LogP contribution in [-0.2, 0) is 11.3 Å². The van der Waals surface area contributed by atoms with Crippen LogP contribution < -0.4 is 0 Å². The SMILES string of the molecule is C=C1c2nc(C)[nH]c2C=NN1COCc1ccccc1.CC. The van der Waals surface area contributed by atoms with E-state index < -0.39 is 0 Å². The van der Waals surface area contributed by atoms with Crippen molar-refractivity contribution in [1.29, 1.82) is 0 Å². The first-order valence-corrected chi connectivity index (χ1v) is 7.43. The number of benzene rings is 1. The Bertz CT molecular complexity index is 646. The fraction of sp³-hybridized carbons (Fsp3) is 0.294. The summed E-state index contributed by atoms with van der Waals surface area (Å²) in [5.74, 6) is 0.856. The summed E-state index contributed by atoms with van der Waals surface area (Å²) in [4.78, 5) is 7.55. The molecule has 0 saturated heterocycles. The molecule has 2 aromatic rings. The Balaban J connectivity index is 0.000000847. The number of aromatic amines is 1. The Morgan fingerprint density at radius 1 is 1.23 bits per heavy atom. The van der Waals surface area contributed by atoms with Crippen molar-refractivity contribution in [3.63, 3.8) is 0 Å². The van der Waals surface area contributed by atoms with Crippen molar-refractivity contribution in [2.75, 3.05) is 6.73 Å². The lowest BCUT2D eigenvalue weighted by molar-refractivity contribution is 0.0495. The van der Waals surface area contributed by atoms with Crippen LogP contribution in [0.3, 0.4) is 0 Å². The molecule has 0 radical (unpaired) electrons. The maximum Gasteiger partial charge on any atom is 0.140 e. The molecule has 1 N–H and O–H groups in total. The molecule has 0 unspecified atom stereocenters. The molecule has 0 amide bonds. The molecule has 3 rings (SSSR count). The molecule has 0 atom stereocenters. The van der Waals surface area contributed by atoms with Crippen LogP contribution in [-0.4, -0.2) is 27.9 Å². The summed E-state index contributed by atoms with van der Waals surface area (Å²) in [5.41, 5.74) is 3.61. The molecule has 0 spiro atoms. The van der Waals surface area contributed by atoms with Gasteiger partial charge in [0, 0.05) is 0 Å². The van der Waals surface area contributed by atoms with Crippen molar-refractivity contribution >= 4 is 11.9 Å². The smallest absolute Gasteiger partial charge is 0.140 e. The van der Waals surface area contributed by atoms with Crippen LogP contribution in [0, 0.1) is 6.92 Å². The van der Waals surface area contributed by atoms with Crippen molar-refractivity contribution in [1.82, 2.24) is 15.0 Å². The summed E-state index contributed by atoms with van der Waals surface area (Å²) in [6.07, 6.45) is 1.75. The zero-order chi connectivity index (χ0) is 15.9. The molecule has 1 aromatic heterocycles. The van der Waals surface area contributed by atoms with Gasteiger partial charge in [-0.25, -0.2) is 9.99 Å². The Kier molecular flexibility index (Phi) is 5.49.